The molecule has 0 radical (unpaired) electrons. The van der Waals surface area contributed by atoms with Crippen molar-refractivity contribution in [2.45, 2.75) is 35.8 Å². The minimum atomic E-state index is -4.09. The number of sulfone groups is 1. The van der Waals surface area contributed by atoms with Crippen molar-refractivity contribution in [2.24, 2.45) is 0 Å². The summed E-state index contributed by atoms with van der Waals surface area (Å²) in [6, 6.07) is 13.4. The Morgan fingerprint density at radius 3 is 2.44 bits per heavy atom. The second-order valence-corrected chi connectivity index (χ2v) is 10.0. The Hall–Kier alpha value is -2.53. The number of benzene rings is 2. The summed E-state index contributed by atoms with van der Waals surface area (Å²) in [5.74, 6) is -0.194. The van der Waals surface area contributed by atoms with Gasteiger partial charge in [0.15, 0.2) is 14.6 Å². The van der Waals surface area contributed by atoms with E-state index in [0.29, 0.717) is 30.3 Å². The first-order valence-electron chi connectivity index (χ1n) is 10.3. The molecule has 0 saturated carbocycles. The Bertz CT molecular complexity index is 1040. The predicted octanol–water partition coefficient (Wildman–Crippen LogP) is 3.09. The Morgan fingerprint density at radius 2 is 1.81 bits per heavy atom. The van der Waals surface area contributed by atoms with Gasteiger partial charge in [-0.2, -0.15) is 0 Å². The Morgan fingerprint density at radius 1 is 1.12 bits per heavy atom. The molecule has 1 atom stereocenters. The smallest absolute Gasteiger partial charge is 0.265 e. The molecule has 1 amide bonds. The maximum Gasteiger partial charge on any atom is 0.265 e. The fraction of sp³-hybridized carbons (Fsp3) is 0.364. The fourth-order valence-electron chi connectivity index (χ4n) is 3.66. The number of anilines is 1. The third-order valence-electron chi connectivity index (χ3n) is 5.40. The lowest BCUT2D eigenvalue weighted by atomic mass is 9.99. The number of thiocarbonyl (C=S) groups is 1. The first-order chi connectivity index (χ1) is 15.3. The predicted molar refractivity (Wildman–Crippen MR) is 124 cm³/mol. The van der Waals surface area contributed by atoms with Gasteiger partial charge in [-0.25, -0.2) is 13.9 Å². The van der Waals surface area contributed by atoms with Gasteiger partial charge in [-0.3, -0.25) is 10.0 Å². The minimum absolute atomic E-state index is 0.0134. The van der Waals surface area contributed by atoms with Crippen molar-refractivity contribution < 1.29 is 27.9 Å². The summed E-state index contributed by atoms with van der Waals surface area (Å²) in [7, 11) is -4.09. The molecule has 1 unspecified atom stereocenters. The average Bonchev–Trinajstić information content (AvgIpc) is 3.07. The first kappa shape index (κ1) is 24.1. The van der Waals surface area contributed by atoms with E-state index in [1.54, 1.807) is 12.1 Å². The highest BCUT2D eigenvalue weighted by atomic mass is 32.2. The number of ether oxygens (including phenoxy) is 2. The Balaban J connectivity index is 1.80. The van der Waals surface area contributed by atoms with Crippen molar-refractivity contribution >= 4 is 38.6 Å². The zero-order valence-corrected chi connectivity index (χ0v) is 19.3. The lowest BCUT2D eigenvalue weighted by Gasteiger charge is -2.29. The van der Waals surface area contributed by atoms with Gasteiger partial charge in [-0.15, -0.1) is 0 Å². The zero-order valence-electron chi connectivity index (χ0n) is 17.7. The molecule has 0 bridgehead atoms. The number of nitrogens with one attached hydrogen (secondary N) is 2. The molecule has 10 heteroatoms. The van der Waals surface area contributed by atoms with Crippen molar-refractivity contribution in [3.05, 3.63) is 54.1 Å². The molecule has 1 aliphatic rings. The van der Waals surface area contributed by atoms with Crippen LogP contribution in [0.4, 0.5) is 5.69 Å². The number of rotatable bonds is 7. The molecule has 2 aromatic rings. The van der Waals surface area contributed by atoms with Crippen molar-refractivity contribution in [1.82, 2.24) is 5.48 Å². The van der Waals surface area contributed by atoms with E-state index in [4.69, 9.17) is 21.7 Å². The van der Waals surface area contributed by atoms with Crippen LogP contribution in [0.3, 0.4) is 0 Å². The maximum atomic E-state index is 13.4. The van der Waals surface area contributed by atoms with E-state index in [2.05, 4.69) is 5.32 Å². The molecule has 1 aliphatic heterocycles. The molecular weight excluding hydrogens is 452 g/mol. The highest BCUT2D eigenvalue weighted by Crippen LogP contribution is 2.36. The highest BCUT2D eigenvalue weighted by molar-refractivity contribution is 7.93. The number of hydroxylamine groups is 1. The van der Waals surface area contributed by atoms with Crippen LogP contribution in [0, 0.1) is 0 Å². The number of carbonyl (C=O) groups excluding carboxylic acids is 1. The molecule has 1 saturated heterocycles. The van der Waals surface area contributed by atoms with Crippen LogP contribution >= 0.6 is 12.2 Å². The monoisotopic (exact) mass is 478 g/mol. The summed E-state index contributed by atoms with van der Waals surface area (Å²) in [5.41, 5.74) is 2.93. The second-order valence-electron chi connectivity index (χ2n) is 7.34. The van der Waals surface area contributed by atoms with Gasteiger partial charge in [0.05, 0.1) is 11.5 Å². The van der Waals surface area contributed by atoms with Crippen LogP contribution in [0.2, 0.25) is 0 Å². The third kappa shape index (κ3) is 4.93. The molecule has 8 nitrogen and oxygen atoms in total. The standard InChI is InChI=1S/C22H26N2O6S2/c1-2-30-18-8-4-16(5-9-18)20(31)23-17-6-10-19(11-7-17)32(27,28)22(21(25)24-26)12-3-14-29-15-13-22/h4-11,26H,2-3,12-15H2,1H3,(H,23,31)(H,24,25). The summed E-state index contributed by atoms with van der Waals surface area (Å²) >= 11 is 5.44. The van der Waals surface area contributed by atoms with E-state index < -0.39 is 20.5 Å². The van der Waals surface area contributed by atoms with E-state index in [1.807, 2.05) is 31.2 Å². The van der Waals surface area contributed by atoms with Crippen molar-refractivity contribution in [2.75, 3.05) is 25.1 Å². The van der Waals surface area contributed by atoms with E-state index in [9.17, 15) is 18.4 Å². The molecule has 32 heavy (non-hydrogen) atoms. The van der Waals surface area contributed by atoms with Gasteiger partial charge < -0.3 is 14.8 Å². The normalized spacial score (nSPS) is 18.9. The van der Waals surface area contributed by atoms with Gasteiger partial charge in [0.1, 0.15) is 10.7 Å². The number of carbonyl (C=O) groups is 1. The molecular formula is C22H26N2O6S2. The molecule has 3 rings (SSSR count). The molecule has 3 N–H and O–H groups in total. The second kappa shape index (κ2) is 10.4. The summed E-state index contributed by atoms with van der Waals surface area (Å²) in [5, 5.41) is 12.3. The van der Waals surface area contributed by atoms with Crippen molar-refractivity contribution in [3.63, 3.8) is 0 Å². The summed E-state index contributed by atoms with van der Waals surface area (Å²) < 4.78 is 35.8. The van der Waals surface area contributed by atoms with Gasteiger partial charge in [0.25, 0.3) is 5.91 Å². The van der Waals surface area contributed by atoms with Crippen LogP contribution in [0.1, 0.15) is 31.7 Å². The van der Waals surface area contributed by atoms with Gasteiger partial charge in [-0.1, -0.05) is 12.2 Å². The SMILES string of the molecule is CCOc1ccc(C(=S)Nc2ccc(S(=O)(=O)C3(C(=O)NO)CCCOCC3)cc2)cc1. The fourth-order valence-corrected chi connectivity index (χ4v) is 5.91. The van der Waals surface area contributed by atoms with Crippen LogP contribution < -0.4 is 15.5 Å². The molecule has 0 aromatic heterocycles. The van der Waals surface area contributed by atoms with Crippen LogP contribution in [0.15, 0.2) is 53.4 Å². The van der Waals surface area contributed by atoms with Crippen LogP contribution in [-0.4, -0.2) is 49.1 Å². The van der Waals surface area contributed by atoms with Gasteiger partial charge in [0.2, 0.25) is 0 Å². The van der Waals surface area contributed by atoms with Crippen LogP contribution in [-0.2, 0) is 19.4 Å². The van der Waals surface area contributed by atoms with E-state index in [0.717, 1.165) is 11.3 Å². The van der Waals surface area contributed by atoms with Gasteiger partial charge in [-0.05, 0) is 74.7 Å². The van der Waals surface area contributed by atoms with Crippen molar-refractivity contribution in [3.8, 4) is 5.75 Å². The zero-order chi connectivity index (χ0) is 23.2. The maximum absolute atomic E-state index is 13.4. The van der Waals surface area contributed by atoms with E-state index >= 15 is 0 Å². The molecule has 0 spiro atoms. The number of hydrogen-bond acceptors (Lipinski definition) is 7. The van der Waals surface area contributed by atoms with E-state index in [-0.39, 0.29) is 24.3 Å². The first-order valence-corrected chi connectivity index (χ1v) is 12.1. The minimum Gasteiger partial charge on any atom is -0.494 e. The van der Waals surface area contributed by atoms with Gasteiger partial charge in [0, 0.05) is 24.5 Å². The Labute approximate surface area is 192 Å². The van der Waals surface area contributed by atoms with E-state index in [1.165, 1.54) is 17.6 Å². The third-order valence-corrected chi connectivity index (χ3v) is 8.25. The molecule has 172 valence electrons. The lowest BCUT2D eigenvalue weighted by Crippen LogP contribution is -2.52. The number of amides is 1. The van der Waals surface area contributed by atoms with Crippen LogP contribution in [0.25, 0.3) is 0 Å². The van der Waals surface area contributed by atoms with Crippen molar-refractivity contribution in [1.29, 1.82) is 0 Å². The van der Waals surface area contributed by atoms with Gasteiger partial charge >= 0.3 is 0 Å². The summed E-state index contributed by atoms with van der Waals surface area (Å²) in [4.78, 5) is 12.9. The molecule has 1 heterocycles. The molecule has 1 fully saturated rings. The summed E-state index contributed by atoms with van der Waals surface area (Å²) in [6.07, 6.45) is 0.412. The molecule has 0 aliphatic carbocycles. The van der Waals surface area contributed by atoms with Crippen LogP contribution in [0.5, 0.6) is 5.75 Å². The topological polar surface area (TPSA) is 114 Å². The Kier molecular flexibility index (Phi) is 7.83. The summed E-state index contributed by atoms with van der Waals surface area (Å²) in [6.45, 7) is 2.96. The average molecular weight is 479 g/mol. The largest absolute Gasteiger partial charge is 0.494 e. The highest BCUT2D eigenvalue weighted by Gasteiger charge is 2.51. The quantitative estimate of drug-likeness (QED) is 0.316. The number of hydrogen-bond donors (Lipinski definition) is 3. The molecule has 2 aromatic carbocycles. The lowest BCUT2D eigenvalue weighted by molar-refractivity contribution is -0.132.